The Balaban J connectivity index is 1.75. The van der Waals surface area contributed by atoms with Gasteiger partial charge < -0.3 is 4.74 Å². The molecule has 0 bridgehead atoms. The highest BCUT2D eigenvalue weighted by Gasteiger charge is 2.34. The number of para-hydroxylation sites is 1. The van der Waals surface area contributed by atoms with Gasteiger partial charge in [-0.3, -0.25) is 9.52 Å². The van der Waals surface area contributed by atoms with Crippen molar-refractivity contribution in [3.05, 3.63) is 82.0 Å². The third-order valence-corrected chi connectivity index (χ3v) is 6.25. The summed E-state index contributed by atoms with van der Waals surface area (Å²) < 4.78 is 31.9. The van der Waals surface area contributed by atoms with Crippen LogP contribution in [0.3, 0.4) is 0 Å². The lowest BCUT2D eigenvalue weighted by atomic mass is 9.97. The Hall–Kier alpha value is -3.17. The number of amides is 1. The van der Waals surface area contributed by atoms with Crippen LogP contribution >= 0.6 is 11.3 Å². The Morgan fingerprint density at radius 1 is 1.22 bits per heavy atom. The summed E-state index contributed by atoms with van der Waals surface area (Å²) in [6, 6.07) is 16.1. The van der Waals surface area contributed by atoms with Gasteiger partial charge in [0, 0.05) is 17.4 Å². The van der Waals surface area contributed by atoms with Gasteiger partial charge in [0.2, 0.25) is 10.0 Å². The Kier molecular flexibility index (Phi) is 6.29. The first-order valence-electron chi connectivity index (χ1n) is 10.1. The van der Waals surface area contributed by atoms with Gasteiger partial charge in [-0.1, -0.05) is 30.3 Å². The molecule has 2 heterocycles. The zero-order valence-electron chi connectivity index (χ0n) is 17.7. The average Bonchev–Trinajstić information content (AvgIpc) is 3.44. The maximum absolute atomic E-state index is 13.3. The van der Waals surface area contributed by atoms with Crippen LogP contribution < -0.4 is 9.46 Å². The van der Waals surface area contributed by atoms with Crippen molar-refractivity contribution in [3.8, 4) is 5.75 Å². The first-order chi connectivity index (χ1) is 15.4. The van der Waals surface area contributed by atoms with Crippen LogP contribution in [0, 0.1) is 0 Å². The van der Waals surface area contributed by atoms with Gasteiger partial charge in [-0.15, -0.1) is 0 Å². The topological polar surface area (TPSA) is 88.1 Å². The molecule has 0 saturated carbocycles. The van der Waals surface area contributed by atoms with E-state index in [2.05, 4.69) is 9.82 Å². The molecule has 0 fully saturated rings. The van der Waals surface area contributed by atoms with Crippen molar-refractivity contribution in [2.24, 2.45) is 5.10 Å². The lowest BCUT2D eigenvalue weighted by Gasteiger charge is -2.22. The molecule has 0 aliphatic carbocycles. The van der Waals surface area contributed by atoms with E-state index in [-0.39, 0.29) is 11.9 Å². The van der Waals surface area contributed by atoms with E-state index in [1.807, 2.05) is 42.6 Å². The second-order valence-electron chi connectivity index (χ2n) is 7.35. The van der Waals surface area contributed by atoms with Gasteiger partial charge in [0.1, 0.15) is 5.75 Å². The molecule has 4 rings (SSSR count). The Bertz CT molecular complexity index is 1250. The first-order valence-corrected chi connectivity index (χ1v) is 12.9. The predicted octanol–water partition coefficient (Wildman–Crippen LogP) is 4.51. The fourth-order valence-corrected chi connectivity index (χ4v) is 4.85. The molecular formula is C23H23N3O4S2. The maximum atomic E-state index is 13.3. The number of nitrogens with zero attached hydrogens (tertiary/aromatic N) is 2. The molecule has 0 spiro atoms. The van der Waals surface area contributed by atoms with E-state index in [9.17, 15) is 13.2 Å². The molecule has 1 N–H and O–H groups in total. The fourth-order valence-electron chi connectivity index (χ4n) is 3.64. The summed E-state index contributed by atoms with van der Waals surface area (Å²) >= 11 is 1.45. The molecule has 3 aromatic rings. The van der Waals surface area contributed by atoms with E-state index in [1.165, 1.54) is 16.3 Å². The van der Waals surface area contributed by atoms with Crippen LogP contribution in [0.2, 0.25) is 0 Å². The Morgan fingerprint density at radius 2 is 2.03 bits per heavy atom. The van der Waals surface area contributed by atoms with Crippen LogP contribution in [0.15, 0.2) is 70.5 Å². The van der Waals surface area contributed by atoms with Crippen molar-refractivity contribution in [1.29, 1.82) is 0 Å². The summed E-state index contributed by atoms with van der Waals surface area (Å²) in [5.74, 6) is 0.516. The van der Waals surface area contributed by atoms with Crippen molar-refractivity contribution in [3.63, 3.8) is 0 Å². The second-order valence-corrected chi connectivity index (χ2v) is 9.88. The molecule has 1 atom stereocenters. The Morgan fingerprint density at radius 3 is 2.75 bits per heavy atom. The number of thiophene rings is 1. The van der Waals surface area contributed by atoms with E-state index in [0.29, 0.717) is 35.6 Å². The van der Waals surface area contributed by atoms with Crippen LogP contribution in [-0.2, 0) is 10.0 Å². The highest BCUT2D eigenvalue weighted by Crippen LogP contribution is 2.36. The van der Waals surface area contributed by atoms with Crippen molar-refractivity contribution >= 4 is 38.7 Å². The number of rotatable bonds is 7. The van der Waals surface area contributed by atoms with Crippen LogP contribution in [0.25, 0.3) is 0 Å². The molecule has 0 radical (unpaired) electrons. The normalized spacial score (nSPS) is 16.0. The molecular weight excluding hydrogens is 446 g/mol. The molecule has 32 heavy (non-hydrogen) atoms. The number of benzene rings is 2. The minimum absolute atomic E-state index is 0.207. The number of ether oxygens (including phenoxy) is 1. The van der Waals surface area contributed by atoms with Crippen LogP contribution in [0.4, 0.5) is 5.69 Å². The summed E-state index contributed by atoms with van der Waals surface area (Å²) in [6.07, 6.45) is 1.54. The summed E-state index contributed by atoms with van der Waals surface area (Å²) in [5, 5.41) is 9.80. The Labute approximate surface area is 191 Å². The van der Waals surface area contributed by atoms with E-state index in [1.54, 1.807) is 29.6 Å². The summed E-state index contributed by atoms with van der Waals surface area (Å²) in [7, 11) is -3.47. The van der Waals surface area contributed by atoms with Gasteiger partial charge in [-0.25, -0.2) is 13.4 Å². The minimum Gasteiger partial charge on any atom is -0.494 e. The van der Waals surface area contributed by atoms with Gasteiger partial charge >= 0.3 is 0 Å². The SMILES string of the molecule is CCOc1cccc(C2CC(c3ccccc3NS(C)(=O)=O)=NN2C(=O)c2ccsc2)c1. The van der Waals surface area contributed by atoms with Gasteiger partial charge in [0.15, 0.2) is 0 Å². The number of hydrogen-bond acceptors (Lipinski definition) is 6. The van der Waals surface area contributed by atoms with Gasteiger partial charge in [-0.05, 0) is 42.1 Å². The third-order valence-electron chi connectivity index (χ3n) is 4.97. The predicted molar refractivity (Wildman–Crippen MR) is 127 cm³/mol. The van der Waals surface area contributed by atoms with E-state index >= 15 is 0 Å². The largest absolute Gasteiger partial charge is 0.494 e. The quantitative estimate of drug-likeness (QED) is 0.551. The molecule has 1 aliphatic heterocycles. The molecule has 1 aromatic heterocycles. The molecule has 2 aromatic carbocycles. The number of hydrogen-bond donors (Lipinski definition) is 1. The first kappa shape index (κ1) is 22.0. The standard InChI is InChI=1S/C23H23N3O4S2/c1-3-30-18-8-6-7-16(13-18)22-14-21(24-26(22)23(27)17-11-12-31-15-17)19-9-4-5-10-20(19)25-32(2,28)29/h4-13,15,22,25H,3,14H2,1-2H3. The number of nitrogens with one attached hydrogen (secondary N) is 1. The van der Waals surface area contributed by atoms with Crippen molar-refractivity contribution < 1.29 is 17.9 Å². The van der Waals surface area contributed by atoms with Gasteiger partial charge in [0.25, 0.3) is 5.91 Å². The lowest BCUT2D eigenvalue weighted by molar-refractivity contribution is 0.0711. The van der Waals surface area contributed by atoms with Crippen LogP contribution in [0.1, 0.15) is 40.9 Å². The smallest absolute Gasteiger partial charge is 0.275 e. The van der Waals surface area contributed by atoms with Gasteiger partial charge in [0.05, 0.1) is 35.9 Å². The number of carbonyl (C=O) groups excluding carboxylic acids is 1. The highest BCUT2D eigenvalue weighted by atomic mass is 32.2. The molecule has 1 unspecified atom stereocenters. The van der Waals surface area contributed by atoms with Crippen molar-refractivity contribution in [2.75, 3.05) is 17.6 Å². The summed E-state index contributed by atoms with van der Waals surface area (Å²) in [4.78, 5) is 13.3. The molecule has 9 heteroatoms. The zero-order chi connectivity index (χ0) is 22.7. The average molecular weight is 470 g/mol. The molecule has 1 aliphatic rings. The monoisotopic (exact) mass is 469 g/mol. The minimum atomic E-state index is -3.47. The van der Waals surface area contributed by atoms with Crippen LogP contribution in [0.5, 0.6) is 5.75 Å². The van der Waals surface area contributed by atoms with E-state index < -0.39 is 10.0 Å². The molecule has 7 nitrogen and oxygen atoms in total. The molecule has 166 valence electrons. The van der Waals surface area contributed by atoms with Crippen molar-refractivity contribution in [1.82, 2.24) is 5.01 Å². The number of hydrazone groups is 1. The van der Waals surface area contributed by atoms with Crippen molar-refractivity contribution in [2.45, 2.75) is 19.4 Å². The van der Waals surface area contributed by atoms with Gasteiger partial charge in [-0.2, -0.15) is 16.4 Å². The third kappa shape index (κ3) is 4.84. The van der Waals surface area contributed by atoms with E-state index in [0.717, 1.165) is 17.6 Å². The molecule has 1 amide bonds. The summed E-state index contributed by atoms with van der Waals surface area (Å²) in [5.41, 5.74) is 3.16. The van der Waals surface area contributed by atoms with E-state index in [4.69, 9.17) is 4.74 Å². The zero-order valence-corrected chi connectivity index (χ0v) is 19.3. The highest BCUT2D eigenvalue weighted by molar-refractivity contribution is 7.92. The number of sulfonamides is 1. The number of anilines is 1. The number of carbonyl (C=O) groups is 1. The maximum Gasteiger partial charge on any atom is 0.275 e. The summed E-state index contributed by atoms with van der Waals surface area (Å²) in [6.45, 7) is 2.46. The second kappa shape index (κ2) is 9.13. The van der Waals surface area contributed by atoms with Crippen LogP contribution in [-0.4, -0.2) is 37.9 Å². The fraction of sp³-hybridized carbons (Fsp3) is 0.217. The lowest BCUT2D eigenvalue weighted by Crippen LogP contribution is -2.26. The molecule has 0 saturated heterocycles.